The van der Waals surface area contributed by atoms with Gasteiger partial charge in [0.15, 0.2) is 5.82 Å². The minimum atomic E-state index is -4.71. The summed E-state index contributed by atoms with van der Waals surface area (Å²) in [4.78, 5) is 4.30. The summed E-state index contributed by atoms with van der Waals surface area (Å²) in [5, 5.41) is 4.42. The van der Waals surface area contributed by atoms with Gasteiger partial charge in [-0.15, -0.1) is 18.3 Å². The monoisotopic (exact) mass is 376 g/mol. The van der Waals surface area contributed by atoms with Crippen LogP contribution in [-0.4, -0.2) is 27.7 Å². The van der Waals surface area contributed by atoms with E-state index in [0.29, 0.717) is 18.1 Å². The maximum atomic E-state index is 12.2. The van der Waals surface area contributed by atoms with Gasteiger partial charge in [-0.1, -0.05) is 18.2 Å². The van der Waals surface area contributed by atoms with E-state index in [4.69, 9.17) is 5.73 Å². The summed E-state index contributed by atoms with van der Waals surface area (Å²) in [5.41, 5.74) is 8.18. The van der Waals surface area contributed by atoms with Gasteiger partial charge in [0.2, 0.25) is 0 Å². The van der Waals surface area contributed by atoms with Crippen molar-refractivity contribution in [2.45, 2.75) is 25.6 Å². The number of nitrogens with two attached hydrogens (primary N) is 1. The lowest BCUT2D eigenvalue weighted by atomic mass is 10.1. The highest BCUT2D eigenvalue weighted by atomic mass is 19.4. The summed E-state index contributed by atoms with van der Waals surface area (Å²) in [6.45, 7) is 0.679. The van der Waals surface area contributed by atoms with Gasteiger partial charge in [0.05, 0.1) is 5.69 Å². The summed E-state index contributed by atoms with van der Waals surface area (Å²) in [7, 11) is 0. The molecule has 27 heavy (non-hydrogen) atoms. The Balaban J connectivity index is 1.74. The van der Waals surface area contributed by atoms with Crippen molar-refractivity contribution in [3.05, 3.63) is 60.4 Å². The SMILES string of the molecule is NCCCCc1cccc(-c2ncn(-c3ccc(OC(F)(F)F)cc3)n2)c1. The number of rotatable bonds is 7. The number of hydrogen-bond acceptors (Lipinski definition) is 4. The standard InChI is InChI=1S/C19H19F3N4O/c20-19(21,22)27-17-9-7-16(8-10-17)26-13-24-18(25-26)15-6-3-5-14(12-15)4-1-2-11-23/h3,5-10,12-13H,1-2,4,11,23H2. The van der Waals surface area contributed by atoms with Crippen LogP contribution in [0.15, 0.2) is 54.9 Å². The quantitative estimate of drug-likeness (QED) is 0.630. The van der Waals surface area contributed by atoms with Crippen LogP contribution in [0.4, 0.5) is 13.2 Å². The van der Waals surface area contributed by atoms with Gasteiger partial charge in [-0.05, 0) is 61.7 Å². The van der Waals surface area contributed by atoms with Crippen molar-refractivity contribution in [3.8, 4) is 22.8 Å². The summed E-state index contributed by atoms with van der Waals surface area (Å²) < 4.78 is 42.1. The first-order valence-electron chi connectivity index (χ1n) is 8.52. The Kier molecular flexibility index (Phi) is 5.75. The molecule has 3 aromatic rings. The number of alkyl halides is 3. The van der Waals surface area contributed by atoms with Crippen LogP contribution in [0, 0.1) is 0 Å². The van der Waals surface area contributed by atoms with E-state index in [1.807, 2.05) is 18.2 Å². The predicted molar refractivity (Wildman–Crippen MR) is 95.5 cm³/mol. The fourth-order valence-electron chi connectivity index (χ4n) is 2.66. The second-order valence-corrected chi connectivity index (χ2v) is 6.00. The molecule has 0 spiro atoms. The molecule has 0 aliphatic rings. The first kappa shape index (κ1) is 18.9. The van der Waals surface area contributed by atoms with E-state index in [9.17, 15) is 13.2 Å². The smallest absolute Gasteiger partial charge is 0.406 e. The molecule has 8 heteroatoms. The lowest BCUT2D eigenvalue weighted by Crippen LogP contribution is -2.17. The third kappa shape index (κ3) is 5.30. The molecule has 0 aliphatic heterocycles. The largest absolute Gasteiger partial charge is 0.573 e. The van der Waals surface area contributed by atoms with Gasteiger partial charge in [0, 0.05) is 5.56 Å². The van der Waals surface area contributed by atoms with Crippen LogP contribution in [0.2, 0.25) is 0 Å². The van der Waals surface area contributed by atoms with Crippen LogP contribution in [0.25, 0.3) is 17.1 Å². The summed E-state index contributed by atoms with van der Waals surface area (Å²) in [6.07, 6.45) is -0.251. The van der Waals surface area contributed by atoms with Crippen molar-refractivity contribution < 1.29 is 17.9 Å². The van der Waals surface area contributed by atoms with Crippen molar-refractivity contribution in [3.63, 3.8) is 0 Å². The summed E-state index contributed by atoms with van der Waals surface area (Å²) in [5.74, 6) is 0.267. The van der Waals surface area contributed by atoms with Crippen LogP contribution in [-0.2, 0) is 6.42 Å². The molecule has 1 aromatic heterocycles. The maximum absolute atomic E-state index is 12.2. The third-order valence-corrected chi connectivity index (χ3v) is 3.93. The zero-order valence-electron chi connectivity index (χ0n) is 14.5. The first-order valence-corrected chi connectivity index (χ1v) is 8.52. The lowest BCUT2D eigenvalue weighted by molar-refractivity contribution is -0.274. The number of aromatic nitrogens is 3. The average Bonchev–Trinajstić information content (AvgIpc) is 3.12. The van der Waals surface area contributed by atoms with Crippen molar-refractivity contribution in [2.75, 3.05) is 6.54 Å². The van der Waals surface area contributed by atoms with Crippen molar-refractivity contribution >= 4 is 0 Å². The third-order valence-electron chi connectivity index (χ3n) is 3.93. The van der Waals surface area contributed by atoms with Gasteiger partial charge < -0.3 is 10.5 Å². The van der Waals surface area contributed by atoms with Crippen molar-refractivity contribution in [1.29, 1.82) is 0 Å². The van der Waals surface area contributed by atoms with E-state index < -0.39 is 6.36 Å². The number of ether oxygens (including phenoxy) is 1. The van der Waals surface area contributed by atoms with Crippen LogP contribution >= 0.6 is 0 Å². The van der Waals surface area contributed by atoms with Gasteiger partial charge in [-0.25, -0.2) is 9.67 Å². The molecule has 142 valence electrons. The van der Waals surface area contributed by atoms with Crippen LogP contribution in [0.3, 0.4) is 0 Å². The maximum Gasteiger partial charge on any atom is 0.573 e. The zero-order valence-corrected chi connectivity index (χ0v) is 14.5. The molecule has 0 atom stereocenters. The Labute approximate surface area is 154 Å². The number of halogens is 3. The zero-order chi connectivity index (χ0) is 19.3. The highest BCUT2D eigenvalue weighted by Gasteiger charge is 2.30. The first-order chi connectivity index (χ1) is 12.9. The van der Waals surface area contributed by atoms with E-state index in [2.05, 4.69) is 20.9 Å². The van der Waals surface area contributed by atoms with Crippen molar-refractivity contribution in [1.82, 2.24) is 14.8 Å². The van der Waals surface area contributed by atoms with Crippen LogP contribution < -0.4 is 10.5 Å². The predicted octanol–water partition coefficient (Wildman–Crippen LogP) is 4.11. The second kappa shape index (κ2) is 8.22. The van der Waals surface area contributed by atoms with Gasteiger partial charge >= 0.3 is 6.36 Å². The molecule has 0 saturated carbocycles. The Morgan fingerprint density at radius 1 is 1.04 bits per heavy atom. The highest BCUT2D eigenvalue weighted by Crippen LogP contribution is 2.24. The normalized spacial score (nSPS) is 11.6. The van der Waals surface area contributed by atoms with Crippen LogP contribution in [0.5, 0.6) is 5.75 Å². The topological polar surface area (TPSA) is 66.0 Å². The Hall–Kier alpha value is -2.87. The highest BCUT2D eigenvalue weighted by molar-refractivity contribution is 5.56. The van der Waals surface area contributed by atoms with Gasteiger partial charge in [-0.2, -0.15) is 0 Å². The summed E-state index contributed by atoms with van der Waals surface area (Å²) >= 11 is 0. The molecule has 0 radical (unpaired) electrons. The molecular formula is C19H19F3N4O. The minimum absolute atomic E-state index is 0.281. The molecule has 0 saturated heterocycles. The fraction of sp³-hybridized carbons (Fsp3) is 0.263. The molecule has 1 heterocycles. The van der Waals surface area contributed by atoms with Crippen molar-refractivity contribution in [2.24, 2.45) is 5.73 Å². The fourth-order valence-corrected chi connectivity index (χ4v) is 2.66. The molecule has 0 amide bonds. The number of benzene rings is 2. The van der Waals surface area contributed by atoms with E-state index in [-0.39, 0.29) is 5.75 Å². The molecule has 0 aliphatic carbocycles. The molecule has 2 N–H and O–H groups in total. The molecule has 0 bridgehead atoms. The van der Waals surface area contributed by atoms with Gasteiger partial charge in [0.1, 0.15) is 12.1 Å². The Morgan fingerprint density at radius 2 is 1.81 bits per heavy atom. The number of nitrogens with zero attached hydrogens (tertiary/aromatic N) is 3. The Bertz CT molecular complexity index is 875. The minimum Gasteiger partial charge on any atom is -0.406 e. The van der Waals surface area contributed by atoms with Gasteiger partial charge in [-0.3, -0.25) is 0 Å². The van der Waals surface area contributed by atoms with E-state index in [1.54, 1.807) is 0 Å². The molecule has 5 nitrogen and oxygen atoms in total. The number of unbranched alkanes of at least 4 members (excludes halogenated alkanes) is 1. The molecule has 0 unspecified atom stereocenters. The number of hydrogen-bond donors (Lipinski definition) is 1. The van der Waals surface area contributed by atoms with E-state index >= 15 is 0 Å². The second-order valence-electron chi connectivity index (χ2n) is 6.00. The molecule has 3 rings (SSSR count). The molecule has 0 fully saturated rings. The number of aryl methyl sites for hydroxylation is 1. The van der Waals surface area contributed by atoms with Crippen LogP contribution in [0.1, 0.15) is 18.4 Å². The molecular weight excluding hydrogens is 357 g/mol. The lowest BCUT2D eigenvalue weighted by Gasteiger charge is -2.09. The van der Waals surface area contributed by atoms with E-state index in [0.717, 1.165) is 24.8 Å². The molecule has 2 aromatic carbocycles. The Morgan fingerprint density at radius 3 is 2.52 bits per heavy atom. The van der Waals surface area contributed by atoms with E-state index in [1.165, 1.54) is 40.8 Å². The average molecular weight is 376 g/mol. The van der Waals surface area contributed by atoms with Gasteiger partial charge in [0.25, 0.3) is 0 Å². The summed E-state index contributed by atoms with van der Waals surface area (Å²) in [6, 6.07) is 13.4.